The Hall–Kier alpha value is -1.24. The van der Waals surface area contributed by atoms with Crippen molar-refractivity contribution in [2.24, 2.45) is 0 Å². The number of rotatable bonds is 3. The van der Waals surface area contributed by atoms with Gasteiger partial charge in [-0.05, 0) is 30.4 Å². The molecule has 2 aromatic rings. The highest BCUT2D eigenvalue weighted by Gasteiger charge is 2.19. The van der Waals surface area contributed by atoms with Gasteiger partial charge in [0, 0.05) is 23.3 Å². The van der Waals surface area contributed by atoms with Crippen molar-refractivity contribution in [2.75, 3.05) is 18.4 Å². The first-order valence-corrected chi connectivity index (χ1v) is 7.96. The van der Waals surface area contributed by atoms with Crippen molar-refractivity contribution in [1.29, 1.82) is 0 Å². The molecule has 0 unspecified atom stereocenters. The van der Waals surface area contributed by atoms with E-state index in [-0.39, 0.29) is 5.91 Å². The second-order valence-corrected chi connectivity index (χ2v) is 6.53. The number of hydrogen-bond acceptors (Lipinski definition) is 5. The van der Waals surface area contributed by atoms with Gasteiger partial charge in [-0.3, -0.25) is 9.69 Å². The normalized spacial score (nSPS) is 15.2. The summed E-state index contributed by atoms with van der Waals surface area (Å²) in [5, 5.41) is 7.62. The lowest BCUT2D eigenvalue weighted by atomic mass is 10.1. The number of fused-ring (bicyclic) bond motifs is 1. The zero-order chi connectivity index (χ0) is 13.2. The molecular weight excluding hydrogens is 278 g/mol. The molecule has 4 nitrogen and oxygen atoms in total. The van der Waals surface area contributed by atoms with Crippen LogP contribution in [0.15, 0.2) is 16.8 Å². The molecule has 6 heteroatoms. The summed E-state index contributed by atoms with van der Waals surface area (Å²) in [6, 6.07) is 2.16. The van der Waals surface area contributed by atoms with Crippen LogP contribution in [0.4, 0.5) is 5.13 Å². The van der Waals surface area contributed by atoms with Gasteiger partial charge in [0.25, 0.3) is 0 Å². The highest BCUT2D eigenvalue weighted by Crippen LogP contribution is 2.23. The summed E-state index contributed by atoms with van der Waals surface area (Å²) in [5.74, 6) is 0.0213. The third-order valence-electron chi connectivity index (χ3n) is 3.12. The molecule has 0 saturated heterocycles. The zero-order valence-corrected chi connectivity index (χ0v) is 12.3. The summed E-state index contributed by atoms with van der Waals surface area (Å²) in [6.07, 6.45) is 1.05. The van der Waals surface area contributed by atoms with Gasteiger partial charge in [-0.1, -0.05) is 0 Å². The highest BCUT2D eigenvalue weighted by molar-refractivity contribution is 7.13. The van der Waals surface area contributed by atoms with Crippen molar-refractivity contribution in [2.45, 2.75) is 19.9 Å². The van der Waals surface area contributed by atoms with Gasteiger partial charge in [-0.15, -0.1) is 22.7 Å². The summed E-state index contributed by atoms with van der Waals surface area (Å²) in [7, 11) is 0. The molecule has 1 N–H and O–H groups in total. The summed E-state index contributed by atoms with van der Waals surface area (Å²) in [6.45, 7) is 4.20. The van der Waals surface area contributed by atoms with Crippen LogP contribution in [0.3, 0.4) is 0 Å². The lowest BCUT2D eigenvalue weighted by molar-refractivity contribution is -0.117. The molecule has 1 amide bonds. The van der Waals surface area contributed by atoms with Crippen LogP contribution in [-0.4, -0.2) is 28.9 Å². The average molecular weight is 293 g/mol. The molecule has 19 heavy (non-hydrogen) atoms. The summed E-state index contributed by atoms with van der Waals surface area (Å²) in [5.41, 5.74) is 2.32. The maximum atomic E-state index is 12.0. The van der Waals surface area contributed by atoms with E-state index in [1.165, 1.54) is 21.8 Å². The molecule has 1 aliphatic heterocycles. The molecule has 0 aromatic carbocycles. The van der Waals surface area contributed by atoms with E-state index in [1.807, 2.05) is 23.6 Å². The van der Waals surface area contributed by atoms with Crippen molar-refractivity contribution in [3.8, 4) is 0 Å². The Bertz CT molecular complexity index is 590. The van der Waals surface area contributed by atoms with Gasteiger partial charge in [0.05, 0.1) is 12.2 Å². The predicted octanol–water partition coefficient (Wildman–Crippen LogP) is 2.51. The molecule has 0 spiro atoms. The van der Waals surface area contributed by atoms with E-state index in [2.05, 4.69) is 26.6 Å². The van der Waals surface area contributed by atoms with Gasteiger partial charge in [0.15, 0.2) is 5.13 Å². The first kappa shape index (κ1) is 12.8. The minimum Gasteiger partial charge on any atom is -0.301 e. The van der Waals surface area contributed by atoms with Crippen molar-refractivity contribution >= 4 is 33.7 Å². The Morgan fingerprint density at radius 1 is 1.53 bits per heavy atom. The SMILES string of the molecule is Cc1csc(NC(=O)CN2CCc3sccc3C2)n1. The molecule has 0 saturated carbocycles. The van der Waals surface area contributed by atoms with E-state index in [9.17, 15) is 4.79 Å². The quantitative estimate of drug-likeness (QED) is 0.946. The number of nitrogens with one attached hydrogen (secondary N) is 1. The molecule has 3 heterocycles. The van der Waals surface area contributed by atoms with E-state index in [0.717, 1.165) is 25.2 Å². The number of anilines is 1. The largest absolute Gasteiger partial charge is 0.301 e. The van der Waals surface area contributed by atoms with E-state index in [1.54, 1.807) is 0 Å². The first-order valence-electron chi connectivity index (χ1n) is 6.20. The maximum absolute atomic E-state index is 12.0. The fourth-order valence-electron chi connectivity index (χ4n) is 2.22. The minimum absolute atomic E-state index is 0.0213. The fraction of sp³-hybridized carbons (Fsp3) is 0.385. The standard InChI is InChI=1S/C13H15N3OS2/c1-9-8-19-13(14-9)15-12(17)7-16-4-2-11-10(6-16)3-5-18-11/h3,5,8H,2,4,6-7H2,1H3,(H,14,15,17). The number of carbonyl (C=O) groups excluding carboxylic acids is 1. The van der Waals surface area contributed by atoms with Gasteiger partial charge >= 0.3 is 0 Å². The monoisotopic (exact) mass is 293 g/mol. The van der Waals surface area contributed by atoms with E-state index in [4.69, 9.17) is 0 Å². The topological polar surface area (TPSA) is 45.2 Å². The van der Waals surface area contributed by atoms with Crippen molar-refractivity contribution in [3.05, 3.63) is 33.0 Å². The van der Waals surface area contributed by atoms with Gasteiger partial charge in [-0.2, -0.15) is 0 Å². The van der Waals surface area contributed by atoms with Gasteiger partial charge < -0.3 is 5.32 Å². The lowest BCUT2D eigenvalue weighted by Gasteiger charge is -2.25. The molecule has 2 aromatic heterocycles. The predicted molar refractivity (Wildman–Crippen MR) is 78.8 cm³/mol. The Balaban J connectivity index is 1.56. The number of thiazole rings is 1. The Morgan fingerprint density at radius 3 is 3.21 bits per heavy atom. The van der Waals surface area contributed by atoms with Gasteiger partial charge in [-0.25, -0.2) is 4.98 Å². The van der Waals surface area contributed by atoms with Crippen LogP contribution < -0.4 is 5.32 Å². The van der Waals surface area contributed by atoms with E-state index < -0.39 is 0 Å². The molecule has 0 fully saturated rings. The summed E-state index contributed by atoms with van der Waals surface area (Å²) < 4.78 is 0. The molecule has 1 aliphatic rings. The lowest BCUT2D eigenvalue weighted by Crippen LogP contribution is -2.36. The van der Waals surface area contributed by atoms with E-state index >= 15 is 0 Å². The van der Waals surface area contributed by atoms with Crippen molar-refractivity contribution in [3.63, 3.8) is 0 Å². The molecular formula is C13H15N3OS2. The first-order chi connectivity index (χ1) is 9.20. The van der Waals surface area contributed by atoms with Crippen LogP contribution in [0.2, 0.25) is 0 Å². The molecule has 0 bridgehead atoms. The number of amides is 1. The molecule has 3 rings (SSSR count). The van der Waals surface area contributed by atoms with Crippen molar-refractivity contribution in [1.82, 2.24) is 9.88 Å². The number of thiophene rings is 1. The van der Waals surface area contributed by atoms with Gasteiger partial charge in [0.1, 0.15) is 0 Å². The van der Waals surface area contributed by atoms with Crippen LogP contribution >= 0.6 is 22.7 Å². The van der Waals surface area contributed by atoms with Crippen LogP contribution in [0.1, 0.15) is 16.1 Å². The van der Waals surface area contributed by atoms with Crippen LogP contribution in [-0.2, 0) is 17.8 Å². The van der Waals surface area contributed by atoms with Crippen molar-refractivity contribution < 1.29 is 4.79 Å². The van der Waals surface area contributed by atoms with Crippen LogP contribution in [0.5, 0.6) is 0 Å². The third kappa shape index (κ3) is 3.02. The smallest absolute Gasteiger partial charge is 0.240 e. The number of carbonyl (C=O) groups is 1. The van der Waals surface area contributed by atoms with Crippen LogP contribution in [0.25, 0.3) is 0 Å². The second-order valence-electron chi connectivity index (χ2n) is 4.67. The number of nitrogens with zero attached hydrogens (tertiary/aromatic N) is 2. The molecule has 0 radical (unpaired) electrons. The fourth-order valence-corrected chi connectivity index (χ4v) is 3.81. The highest BCUT2D eigenvalue weighted by atomic mass is 32.1. The van der Waals surface area contributed by atoms with E-state index in [0.29, 0.717) is 11.7 Å². The molecule has 0 atom stereocenters. The summed E-state index contributed by atoms with van der Waals surface area (Å²) in [4.78, 5) is 19.8. The number of aryl methyl sites for hydroxylation is 1. The Kier molecular flexibility index (Phi) is 3.63. The number of aromatic nitrogens is 1. The average Bonchev–Trinajstić information content (AvgIpc) is 2.97. The number of hydrogen-bond donors (Lipinski definition) is 1. The Labute approximate surface area is 120 Å². The third-order valence-corrected chi connectivity index (χ3v) is 5.02. The van der Waals surface area contributed by atoms with Crippen LogP contribution in [0, 0.1) is 6.92 Å². The minimum atomic E-state index is 0.0213. The Morgan fingerprint density at radius 2 is 2.42 bits per heavy atom. The zero-order valence-electron chi connectivity index (χ0n) is 10.7. The summed E-state index contributed by atoms with van der Waals surface area (Å²) >= 11 is 3.29. The molecule has 0 aliphatic carbocycles. The van der Waals surface area contributed by atoms with Gasteiger partial charge in [0.2, 0.25) is 5.91 Å². The molecule has 100 valence electrons. The second kappa shape index (κ2) is 5.40. The maximum Gasteiger partial charge on any atom is 0.240 e.